The molecule has 2 atom stereocenters. The first-order valence-corrected chi connectivity index (χ1v) is 7.14. The summed E-state index contributed by atoms with van der Waals surface area (Å²) in [5.74, 6) is -4.19. The second-order valence-electron chi connectivity index (χ2n) is 5.36. The molecule has 7 heteroatoms. The number of carbonyl (C=O) groups is 3. The van der Waals surface area contributed by atoms with E-state index >= 15 is 0 Å². The van der Waals surface area contributed by atoms with Crippen LogP contribution in [0.3, 0.4) is 0 Å². The zero-order valence-corrected chi connectivity index (χ0v) is 12.5. The lowest BCUT2D eigenvalue weighted by molar-refractivity contribution is -0.146. The van der Waals surface area contributed by atoms with E-state index in [1.807, 2.05) is 0 Å². The minimum absolute atomic E-state index is 0.0973. The van der Waals surface area contributed by atoms with Crippen molar-refractivity contribution < 1.29 is 23.9 Å². The highest BCUT2D eigenvalue weighted by Crippen LogP contribution is 2.28. The van der Waals surface area contributed by atoms with Gasteiger partial charge in [-0.25, -0.2) is 4.39 Å². The van der Waals surface area contributed by atoms with E-state index in [4.69, 9.17) is 0 Å². The normalized spacial score (nSPS) is 19.9. The Morgan fingerprint density at radius 1 is 1.13 bits per heavy atom. The van der Waals surface area contributed by atoms with Crippen LogP contribution in [0.1, 0.15) is 19.8 Å². The van der Waals surface area contributed by atoms with Gasteiger partial charge in [-0.3, -0.25) is 14.4 Å². The van der Waals surface area contributed by atoms with Crippen LogP contribution < -0.4 is 10.6 Å². The molecule has 2 rings (SSSR count). The molecule has 1 aromatic carbocycles. The molecule has 0 aliphatic heterocycles. The van der Waals surface area contributed by atoms with Crippen LogP contribution >= 0.6 is 0 Å². The molecule has 0 unspecified atom stereocenters. The van der Waals surface area contributed by atoms with Crippen molar-refractivity contribution in [1.29, 1.82) is 0 Å². The lowest BCUT2D eigenvalue weighted by Crippen LogP contribution is -2.34. The van der Waals surface area contributed by atoms with E-state index in [9.17, 15) is 23.9 Å². The summed E-state index contributed by atoms with van der Waals surface area (Å²) in [5.41, 5.74) is 0.243. The highest BCUT2D eigenvalue weighted by atomic mass is 19.1. The number of amides is 2. The molecule has 6 nitrogen and oxygen atoms in total. The number of nitrogens with one attached hydrogen (secondary N) is 2. The Hall–Kier alpha value is -2.70. The van der Waals surface area contributed by atoms with E-state index in [-0.39, 0.29) is 24.4 Å². The summed E-state index contributed by atoms with van der Waals surface area (Å²) in [5, 5.41) is 14.1. The number of hydrogen-bond acceptors (Lipinski definition) is 3. The van der Waals surface area contributed by atoms with E-state index in [0.717, 1.165) is 6.07 Å². The van der Waals surface area contributed by atoms with Crippen molar-refractivity contribution in [2.75, 3.05) is 10.6 Å². The summed E-state index contributed by atoms with van der Waals surface area (Å²) in [6, 6.07) is 3.79. The zero-order chi connectivity index (χ0) is 17.0. The number of anilines is 2. The fourth-order valence-electron chi connectivity index (χ4n) is 2.50. The number of hydrogen-bond donors (Lipinski definition) is 3. The molecule has 0 heterocycles. The average molecular weight is 320 g/mol. The first-order chi connectivity index (χ1) is 10.9. The molecular formula is C16H17FN2O4. The number of benzene rings is 1. The Labute approximate surface area is 132 Å². The Balaban J connectivity index is 2.17. The predicted molar refractivity (Wildman–Crippen MR) is 82.3 cm³/mol. The SMILES string of the molecule is CC(=O)Nc1ccc(F)c(NC(=O)[C@H]2CC=CC[C@@H]2C(=O)O)c1. The summed E-state index contributed by atoms with van der Waals surface area (Å²) >= 11 is 0. The lowest BCUT2D eigenvalue weighted by Gasteiger charge is -2.24. The molecule has 0 saturated carbocycles. The van der Waals surface area contributed by atoms with E-state index < -0.39 is 29.5 Å². The third-order valence-corrected chi connectivity index (χ3v) is 3.63. The molecule has 1 aromatic rings. The van der Waals surface area contributed by atoms with Crippen LogP contribution in [0.5, 0.6) is 0 Å². The van der Waals surface area contributed by atoms with E-state index in [1.165, 1.54) is 19.1 Å². The third kappa shape index (κ3) is 4.15. The number of carboxylic acid groups (broad SMARTS) is 1. The maximum absolute atomic E-state index is 13.8. The number of aliphatic carboxylic acids is 1. The third-order valence-electron chi connectivity index (χ3n) is 3.63. The van der Waals surface area contributed by atoms with Gasteiger partial charge in [-0.1, -0.05) is 12.2 Å². The maximum Gasteiger partial charge on any atom is 0.307 e. The fourth-order valence-corrected chi connectivity index (χ4v) is 2.50. The molecule has 23 heavy (non-hydrogen) atoms. The number of carboxylic acids is 1. The quantitative estimate of drug-likeness (QED) is 0.742. The van der Waals surface area contributed by atoms with Crippen LogP contribution in [0.25, 0.3) is 0 Å². The summed E-state index contributed by atoms with van der Waals surface area (Å²) in [6.07, 6.45) is 4.02. The van der Waals surface area contributed by atoms with Gasteiger partial charge in [0, 0.05) is 12.6 Å². The second kappa shape index (κ2) is 7.04. The molecule has 3 N–H and O–H groups in total. The van der Waals surface area contributed by atoms with Gasteiger partial charge in [-0.05, 0) is 31.0 Å². The molecule has 122 valence electrons. The van der Waals surface area contributed by atoms with Crippen molar-refractivity contribution in [2.45, 2.75) is 19.8 Å². The highest BCUT2D eigenvalue weighted by molar-refractivity contribution is 5.96. The molecule has 1 aliphatic carbocycles. The van der Waals surface area contributed by atoms with E-state index in [1.54, 1.807) is 12.2 Å². The first kappa shape index (κ1) is 16.7. The number of carbonyl (C=O) groups excluding carboxylic acids is 2. The molecule has 0 aromatic heterocycles. The Morgan fingerprint density at radius 2 is 1.78 bits per heavy atom. The minimum Gasteiger partial charge on any atom is -0.481 e. The molecule has 0 spiro atoms. The second-order valence-corrected chi connectivity index (χ2v) is 5.36. The van der Waals surface area contributed by atoms with E-state index in [0.29, 0.717) is 5.69 Å². The number of rotatable bonds is 4. The van der Waals surface area contributed by atoms with Gasteiger partial charge in [0.25, 0.3) is 0 Å². The van der Waals surface area contributed by atoms with Crippen LogP contribution in [0.4, 0.5) is 15.8 Å². The van der Waals surface area contributed by atoms with Gasteiger partial charge in [0.1, 0.15) is 5.82 Å². The van der Waals surface area contributed by atoms with Gasteiger partial charge in [0.05, 0.1) is 17.5 Å². The van der Waals surface area contributed by atoms with Gasteiger partial charge in [-0.15, -0.1) is 0 Å². The van der Waals surface area contributed by atoms with Crippen molar-refractivity contribution in [2.24, 2.45) is 11.8 Å². The van der Waals surface area contributed by atoms with Gasteiger partial charge < -0.3 is 15.7 Å². The van der Waals surface area contributed by atoms with Crippen molar-refractivity contribution in [3.8, 4) is 0 Å². The van der Waals surface area contributed by atoms with Gasteiger partial charge in [0.2, 0.25) is 11.8 Å². The molecule has 0 bridgehead atoms. The molecule has 2 amide bonds. The summed E-state index contributed by atoms with van der Waals surface area (Å²) in [6.45, 7) is 1.31. The lowest BCUT2D eigenvalue weighted by atomic mass is 9.82. The van der Waals surface area contributed by atoms with Crippen LogP contribution in [0.2, 0.25) is 0 Å². The molecule has 0 saturated heterocycles. The fraction of sp³-hybridized carbons (Fsp3) is 0.312. The van der Waals surface area contributed by atoms with Crippen molar-refractivity contribution in [1.82, 2.24) is 0 Å². The Morgan fingerprint density at radius 3 is 2.39 bits per heavy atom. The monoisotopic (exact) mass is 320 g/mol. The van der Waals surface area contributed by atoms with Gasteiger partial charge >= 0.3 is 5.97 Å². The Kier molecular flexibility index (Phi) is 5.10. The van der Waals surface area contributed by atoms with Crippen LogP contribution in [-0.4, -0.2) is 22.9 Å². The summed E-state index contributed by atoms with van der Waals surface area (Å²) in [7, 11) is 0. The Bertz CT molecular complexity index is 672. The number of allylic oxidation sites excluding steroid dienone is 2. The molecule has 0 fully saturated rings. The zero-order valence-electron chi connectivity index (χ0n) is 12.5. The van der Waals surface area contributed by atoms with Crippen molar-refractivity contribution in [3.05, 3.63) is 36.2 Å². The minimum atomic E-state index is -1.05. The summed E-state index contributed by atoms with van der Waals surface area (Å²) < 4.78 is 13.8. The molecule has 1 aliphatic rings. The molecule has 0 radical (unpaired) electrons. The van der Waals surface area contributed by atoms with Crippen molar-refractivity contribution >= 4 is 29.2 Å². The largest absolute Gasteiger partial charge is 0.481 e. The average Bonchev–Trinajstić information content (AvgIpc) is 2.50. The smallest absolute Gasteiger partial charge is 0.307 e. The topological polar surface area (TPSA) is 95.5 Å². The predicted octanol–water partition coefficient (Wildman–Crippen LogP) is 2.39. The number of halogens is 1. The van der Waals surface area contributed by atoms with Crippen LogP contribution in [-0.2, 0) is 14.4 Å². The van der Waals surface area contributed by atoms with Crippen LogP contribution in [0, 0.1) is 17.7 Å². The van der Waals surface area contributed by atoms with Gasteiger partial charge in [0.15, 0.2) is 0 Å². The molecular weight excluding hydrogens is 303 g/mol. The standard InChI is InChI=1S/C16H17FN2O4/c1-9(20)18-10-6-7-13(17)14(8-10)19-15(21)11-4-2-3-5-12(11)16(22)23/h2-3,6-8,11-12H,4-5H2,1H3,(H,18,20)(H,19,21)(H,22,23)/t11-,12-/m0/s1. The first-order valence-electron chi connectivity index (χ1n) is 7.14. The summed E-state index contributed by atoms with van der Waals surface area (Å²) in [4.78, 5) is 34.6. The highest BCUT2D eigenvalue weighted by Gasteiger charge is 2.34. The van der Waals surface area contributed by atoms with E-state index in [2.05, 4.69) is 10.6 Å². The maximum atomic E-state index is 13.8. The van der Waals surface area contributed by atoms with Gasteiger partial charge in [-0.2, -0.15) is 0 Å². The van der Waals surface area contributed by atoms with Crippen molar-refractivity contribution in [3.63, 3.8) is 0 Å². The van der Waals surface area contributed by atoms with Crippen LogP contribution in [0.15, 0.2) is 30.4 Å².